The molecule has 2 rings (SSSR count). The van der Waals surface area contributed by atoms with Gasteiger partial charge in [0.25, 0.3) is 0 Å². The molecule has 1 N–H and O–H groups in total. The Bertz CT molecular complexity index is 706. The van der Waals surface area contributed by atoms with Crippen LogP contribution in [0.5, 0.6) is 0 Å². The van der Waals surface area contributed by atoms with Gasteiger partial charge in [0.15, 0.2) is 0 Å². The molecule has 0 amide bonds. The van der Waals surface area contributed by atoms with Crippen LogP contribution < -0.4 is 4.72 Å². The zero-order chi connectivity index (χ0) is 15.6. The molecule has 0 saturated carbocycles. The van der Waals surface area contributed by atoms with Crippen molar-refractivity contribution in [2.75, 3.05) is 0 Å². The van der Waals surface area contributed by atoms with Crippen LogP contribution in [0.1, 0.15) is 18.1 Å². The first-order chi connectivity index (χ1) is 9.78. The van der Waals surface area contributed by atoms with Crippen LogP contribution in [0.15, 0.2) is 38.3 Å². The summed E-state index contributed by atoms with van der Waals surface area (Å²) in [6, 6.07) is 7.42. The number of sulfonamides is 1. The third kappa shape index (κ3) is 4.35. The van der Waals surface area contributed by atoms with Gasteiger partial charge >= 0.3 is 0 Å². The van der Waals surface area contributed by atoms with E-state index >= 15 is 0 Å². The highest BCUT2D eigenvalue weighted by molar-refractivity contribution is 9.11. The minimum Gasteiger partial charge on any atom is -0.207 e. The van der Waals surface area contributed by atoms with E-state index in [1.54, 1.807) is 25.1 Å². The molecule has 0 aliphatic rings. The van der Waals surface area contributed by atoms with Crippen molar-refractivity contribution in [3.05, 3.63) is 51.1 Å². The first kappa shape index (κ1) is 16.6. The SMILES string of the molecule is Cc1cc(S(=O)(=O)NC(C)Cc2ccc(F)cc2)sc1Br. The molecule has 1 heterocycles. The van der Waals surface area contributed by atoms with E-state index in [2.05, 4.69) is 20.7 Å². The van der Waals surface area contributed by atoms with E-state index in [-0.39, 0.29) is 16.1 Å². The Morgan fingerprint density at radius 2 is 1.95 bits per heavy atom. The van der Waals surface area contributed by atoms with Crippen LogP contribution in [0.4, 0.5) is 4.39 Å². The molecule has 0 fully saturated rings. The topological polar surface area (TPSA) is 46.2 Å². The monoisotopic (exact) mass is 391 g/mol. The van der Waals surface area contributed by atoms with Crippen molar-refractivity contribution in [1.82, 2.24) is 4.72 Å². The maximum Gasteiger partial charge on any atom is 0.250 e. The molecule has 2 aromatic rings. The molecule has 1 aromatic heterocycles. The van der Waals surface area contributed by atoms with E-state index in [0.717, 1.165) is 14.9 Å². The van der Waals surface area contributed by atoms with Gasteiger partial charge in [-0.25, -0.2) is 17.5 Å². The van der Waals surface area contributed by atoms with E-state index in [0.29, 0.717) is 6.42 Å². The van der Waals surface area contributed by atoms with Crippen molar-refractivity contribution in [1.29, 1.82) is 0 Å². The Kier molecular flexibility index (Phi) is 5.19. The highest BCUT2D eigenvalue weighted by Gasteiger charge is 2.20. The van der Waals surface area contributed by atoms with Crippen LogP contribution in [0.2, 0.25) is 0 Å². The smallest absolute Gasteiger partial charge is 0.207 e. The number of benzene rings is 1. The quantitative estimate of drug-likeness (QED) is 0.840. The second-order valence-electron chi connectivity index (χ2n) is 4.88. The van der Waals surface area contributed by atoms with E-state index in [1.165, 1.54) is 23.5 Å². The van der Waals surface area contributed by atoms with Gasteiger partial charge in [0.2, 0.25) is 10.0 Å². The predicted octanol–water partition coefficient (Wildman–Crippen LogP) is 3.87. The number of thiophene rings is 1. The molecule has 0 spiro atoms. The zero-order valence-electron chi connectivity index (χ0n) is 11.6. The Hall–Kier alpha value is -0.760. The van der Waals surface area contributed by atoms with Crippen LogP contribution in [0.3, 0.4) is 0 Å². The van der Waals surface area contributed by atoms with Gasteiger partial charge in [-0.3, -0.25) is 0 Å². The van der Waals surface area contributed by atoms with E-state index in [4.69, 9.17) is 0 Å². The Balaban J connectivity index is 2.07. The standard InChI is InChI=1S/C14H15BrFNO2S2/c1-9-7-13(20-14(9)15)21(18,19)17-10(2)8-11-3-5-12(16)6-4-11/h3-7,10,17H,8H2,1-2H3. The van der Waals surface area contributed by atoms with Gasteiger partial charge in [-0.05, 0) is 65.5 Å². The van der Waals surface area contributed by atoms with Crippen LogP contribution in [0.25, 0.3) is 0 Å². The van der Waals surface area contributed by atoms with Gasteiger partial charge in [0.1, 0.15) is 10.0 Å². The van der Waals surface area contributed by atoms with E-state index in [1.807, 2.05) is 6.92 Å². The number of rotatable bonds is 5. The van der Waals surface area contributed by atoms with Crippen molar-refractivity contribution in [3.8, 4) is 0 Å². The summed E-state index contributed by atoms with van der Waals surface area (Å²) in [6.07, 6.45) is 0.505. The van der Waals surface area contributed by atoms with Crippen molar-refractivity contribution >= 4 is 37.3 Å². The summed E-state index contributed by atoms with van der Waals surface area (Å²) in [5, 5.41) is 0. The summed E-state index contributed by atoms with van der Waals surface area (Å²) < 4.78 is 41.1. The first-order valence-corrected chi connectivity index (χ1v) is 9.40. The van der Waals surface area contributed by atoms with Crippen molar-refractivity contribution in [2.45, 2.75) is 30.5 Å². The summed E-state index contributed by atoms with van der Waals surface area (Å²) in [5.41, 5.74) is 1.78. The summed E-state index contributed by atoms with van der Waals surface area (Å²) in [4.78, 5) is 0. The molecule has 0 bridgehead atoms. The zero-order valence-corrected chi connectivity index (χ0v) is 14.8. The molecule has 0 aliphatic heterocycles. The highest BCUT2D eigenvalue weighted by Crippen LogP contribution is 2.30. The fraction of sp³-hybridized carbons (Fsp3) is 0.286. The van der Waals surface area contributed by atoms with Crippen molar-refractivity contribution < 1.29 is 12.8 Å². The van der Waals surface area contributed by atoms with Crippen molar-refractivity contribution in [3.63, 3.8) is 0 Å². The Labute approximate surface area is 136 Å². The van der Waals surface area contributed by atoms with E-state index < -0.39 is 10.0 Å². The molecule has 3 nitrogen and oxygen atoms in total. The molecule has 0 saturated heterocycles. The van der Waals surface area contributed by atoms with Crippen LogP contribution in [-0.2, 0) is 16.4 Å². The highest BCUT2D eigenvalue weighted by atomic mass is 79.9. The summed E-state index contributed by atoms with van der Waals surface area (Å²) in [6.45, 7) is 3.64. The largest absolute Gasteiger partial charge is 0.250 e. The summed E-state index contributed by atoms with van der Waals surface area (Å²) in [5.74, 6) is -0.300. The average molecular weight is 392 g/mol. The molecule has 1 unspecified atom stereocenters. The molecule has 7 heteroatoms. The number of hydrogen-bond acceptors (Lipinski definition) is 3. The molecule has 114 valence electrons. The summed E-state index contributed by atoms with van der Waals surface area (Å²) in [7, 11) is -3.53. The Morgan fingerprint density at radius 1 is 1.33 bits per heavy atom. The average Bonchev–Trinajstić information content (AvgIpc) is 2.73. The number of aryl methyl sites for hydroxylation is 1. The van der Waals surface area contributed by atoms with Gasteiger partial charge in [-0.2, -0.15) is 0 Å². The predicted molar refractivity (Wildman–Crippen MR) is 86.6 cm³/mol. The molecular formula is C14H15BrFNO2S2. The normalized spacial score (nSPS) is 13.3. The maximum atomic E-state index is 12.8. The third-order valence-electron chi connectivity index (χ3n) is 2.91. The number of nitrogens with one attached hydrogen (secondary N) is 1. The van der Waals surface area contributed by atoms with Gasteiger partial charge in [-0.15, -0.1) is 11.3 Å². The lowest BCUT2D eigenvalue weighted by atomic mass is 10.1. The first-order valence-electron chi connectivity index (χ1n) is 6.30. The number of hydrogen-bond donors (Lipinski definition) is 1. The fourth-order valence-electron chi connectivity index (χ4n) is 1.90. The maximum absolute atomic E-state index is 12.8. The molecular weight excluding hydrogens is 377 g/mol. The fourth-order valence-corrected chi connectivity index (χ4v) is 5.39. The van der Waals surface area contributed by atoms with E-state index in [9.17, 15) is 12.8 Å². The molecule has 0 aliphatic carbocycles. The molecule has 1 aromatic carbocycles. The lowest BCUT2D eigenvalue weighted by Crippen LogP contribution is -2.33. The molecule has 1 atom stereocenters. The number of halogens is 2. The van der Waals surface area contributed by atoms with Crippen LogP contribution in [0, 0.1) is 12.7 Å². The second kappa shape index (κ2) is 6.56. The lowest BCUT2D eigenvalue weighted by molar-refractivity contribution is 0.561. The molecule has 0 radical (unpaired) electrons. The molecule has 21 heavy (non-hydrogen) atoms. The van der Waals surface area contributed by atoms with Crippen molar-refractivity contribution in [2.24, 2.45) is 0 Å². The third-order valence-corrected chi connectivity index (χ3v) is 7.11. The van der Waals surface area contributed by atoms with Gasteiger partial charge in [0, 0.05) is 6.04 Å². The van der Waals surface area contributed by atoms with Gasteiger partial charge in [0.05, 0.1) is 3.79 Å². The van der Waals surface area contributed by atoms with Crippen LogP contribution in [-0.4, -0.2) is 14.5 Å². The van der Waals surface area contributed by atoms with Crippen LogP contribution >= 0.6 is 27.3 Å². The second-order valence-corrected chi connectivity index (χ2v) is 9.19. The minimum atomic E-state index is -3.53. The lowest BCUT2D eigenvalue weighted by Gasteiger charge is -2.13. The Morgan fingerprint density at radius 3 is 2.48 bits per heavy atom. The summed E-state index contributed by atoms with van der Waals surface area (Å²) >= 11 is 4.51. The van der Waals surface area contributed by atoms with Gasteiger partial charge < -0.3 is 0 Å². The minimum absolute atomic E-state index is 0.276. The van der Waals surface area contributed by atoms with Gasteiger partial charge in [-0.1, -0.05) is 12.1 Å².